The van der Waals surface area contributed by atoms with Gasteiger partial charge in [-0.2, -0.15) is 0 Å². The van der Waals surface area contributed by atoms with Crippen LogP contribution in [-0.2, 0) is 0 Å². The van der Waals surface area contributed by atoms with Gasteiger partial charge in [0.1, 0.15) is 17.9 Å². The van der Waals surface area contributed by atoms with Crippen molar-refractivity contribution < 1.29 is 19.7 Å². The third-order valence-electron chi connectivity index (χ3n) is 6.84. The quantitative estimate of drug-likeness (QED) is 0.157. The lowest BCUT2D eigenvalue weighted by atomic mass is 9.96. The molecule has 1 unspecified atom stereocenters. The van der Waals surface area contributed by atoms with E-state index in [-0.39, 0.29) is 30.3 Å². The fraction of sp³-hybridized carbons (Fsp3) is 0.300. The van der Waals surface area contributed by atoms with Crippen LogP contribution in [0.2, 0.25) is 5.02 Å². The van der Waals surface area contributed by atoms with Gasteiger partial charge in [0, 0.05) is 44.2 Å². The number of nitrogens with two attached hydrogens (primary N) is 1. The molecule has 2 amide bonds. The number of benzene rings is 3. The molecule has 1 atom stereocenters. The highest BCUT2D eigenvalue weighted by atomic mass is 35.5. The average molecular weight is 578 g/mol. The zero-order chi connectivity index (χ0) is 29.2. The fourth-order valence-corrected chi connectivity index (χ4v) is 4.85. The Morgan fingerprint density at radius 1 is 1.07 bits per heavy atom. The number of ether oxygens (including phenoxy) is 1. The van der Waals surface area contributed by atoms with Crippen molar-refractivity contribution in [2.75, 3.05) is 45.9 Å². The molecule has 3 aromatic rings. The number of halogens is 1. The van der Waals surface area contributed by atoms with E-state index < -0.39 is 11.0 Å². The van der Waals surface area contributed by atoms with Crippen LogP contribution in [0.3, 0.4) is 0 Å². The Labute approximate surface area is 244 Å². The van der Waals surface area contributed by atoms with Crippen LogP contribution >= 0.6 is 11.6 Å². The largest absolute Gasteiger partial charge is 0.492 e. The van der Waals surface area contributed by atoms with E-state index in [9.17, 15) is 20.1 Å². The van der Waals surface area contributed by atoms with Crippen molar-refractivity contribution >= 4 is 23.3 Å². The van der Waals surface area contributed by atoms with E-state index in [1.54, 1.807) is 6.07 Å². The highest BCUT2D eigenvalue weighted by Gasteiger charge is 2.26. The minimum atomic E-state index is -0.990. The van der Waals surface area contributed by atoms with Crippen molar-refractivity contribution in [2.45, 2.75) is 12.5 Å². The maximum atomic E-state index is 11.6. The molecule has 214 valence electrons. The molecule has 1 heterocycles. The standard InChI is InChI=1S/C30H32ClN5O5/c31-26-12-9-25(10-13-26)29(24-7-2-1-3-8-24)34-18-16-33(17-19-34)20-21-41-27-14-11-23(28(22-27)36(39)40)6-4-5-15-35(38)30(32)37/h1-3,7-14,22,29,38H,5,15-21H2,(H2,32,37). The number of primary amides is 1. The van der Waals surface area contributed by atoms with Gasteiger partial charge < -0.3 is 10.5 Å². The van der Waals surface area contributed by atoms with Crippen LogP contribution in [0.1, 0.15) is 29.2 Å². The van der Waals surface area contributed by atoms with E-state index in [1.807, 2.05) is 18.2 Å². The lowest BCUT2D eigenvalue weighted by molar-refractivity contribution is -0.385. The van der Waals surface area contributed by atoms with Gasteiger partial charge >= 0.3 is 6.03 Å². The van der Waals surface area contributed by atoms with E-state index in [0.29, 0.717) is 24.0 Å². The predicted molar refractivity (Wildman–Crippen MR) is 156 cm³/mol. The predicted octanol–water partition coefficient (Wildman–Crippen LogP) is 4.55. The molecule has 0 spiro atoms. The number of hydroxylamine groups is 2. The summed E-state index contributed by atoms with van der Waals surface area (Å²) in [4.78, 5) is 26.7. The van der Waals surface area contributed by atoms with Crippen molar-refractivity contribution in [2.24, 2.45) is 5.73 Å². The summed E-state index contributed by atoms with van der Waals surface area (Å²) in [7, 11) is 0. The molecule has 0 aromatic heterocycles. The second-order valence-corrected chi connectivity index (χ2v) is 9.98. The molecule has 11 heteroatoms. The van der Waals surface area contributed by atoms with Gasteiger partial charge in [-0.3, -0.25) is 25.1 Å². The van der Waals surface area contributed by atoms with Gasteiger partial charge in [0.25, 0.3) is 5.69 Å². The topological polar surface area (TPSA) is 125 Å². The number of hydrogen-bond acceptors (Lipinski definition) is 7. The van der Waals surface area contributed by atoms with E-state index in [4.69, 9.17) is 22.1 Å². The number of nitro benzene ring substituents is 1. The number of rotatable bonds is 10. The number of carbonyl (C=O) groups excluding carboxylic acids is 1. The summed E-state index contributed by atoms with van der Waals surface area (Å²) in [6.45, 7) is 4.49. The molecule has 1 fully saturated rings. The van der Waals surface area contributed by atoms with Crippen LogP contribution in [-0.4, -0.2) is 76.9 Å². The van der Waals surface area contributed by atoms with Crippen LogP contribution in [0.5, 0.6) is 5.75 Å². The molecule has 10 nitrogen and oxygen atoms in total. The third-order valence-corrected chi connectivity index (χ3v) is 7.09. The Bertz CT molecular complexity index is 1390. The second kappa shape index (κ2) is 14.5. The molecule has 0 bridgehead atoms. The maximum absolute atomic E-state index is 11.6. The van der Waals surface area contributed by atoms with Crippen LogP contribution in [0.15, 0.2) is 72.8 Å². The first-order valence-corrected chi connectivity index (χ1v) is 13.6. The van der Waals surface area contributed by atoms with Gasteiger partial charge in [-0.15, -0.1) is 0 Å². The Balaban J connectivity index is 1.30. The first kappa shape index (κ1) is 29.8. The Morgan fingerprint density at radius 2 is 1.76 bits per heavy atom. The fourth-order valence-electron chi connectivity index (χ4n) is 4.72. The molecular weight excluding hydrogens is 546 g/mol. The van der Waals surface area contributed by atoms with E-state index in [2.05, 4.69) is 58.0 Å². The summed E-state index contributed by atoms with van der Waals surface area (Å²) in [6, 6.07) is 22.2. The molecule has 1 saturated heterocycles. The SMILES string of the molecule is NC(=O)N(O)CCC#Cc1ccc(OCCN2CCN(C(c3ccccc3)c3ccc(Cl)cc3)CC2)cc1[N+](=O)[O-]. The number of urea groups is 1. The first-order valence-electron chi connectivity index (χ1n) is 13.2. The Kier molecular flexibility index (Phi) is 10.5. The van der Waals surface area contributed by atoms with Gasteiger partial charge in [0.15, 0.2) is 0 Å². The number of hydrogen-bond donors (Lipinski definition) is 2. The Hall–Kier alpha value is -4.14. The van der Waals surface area contributed by atoms with Crippen LogP contribution in [0, 0.1) is 22.0 Å². The average Bonchev–Trinajstić information content (AvgIpc) is 2.98. The number of piperazine rings is 1. The van der Waals surface area contributed by atoms with Gasteiger partial charge in [0.2, 0.25) is 0 Å². The second-order valence-electron chi connectivity index (χ2n) is 9.54. The van der Waals surface area contributed by atoms with Crippen LogP contribution in [0.4, 0.5) is 10.5 Å². The highest BCUT2D eigenvalue weighted by molar-refractivity contribution is 6.30. The molecule has 4 rings (SSSR count). The summed E-state index contributed by atoms with van der Waals surface area (Å²) in [5.74, 6) is 5.80. The van der Waals surface area contributed by atoms with Gasteiger partial charge in [-0.25, -0.2) is 9.86 Å². The summed E-state index contributed by atoms with van der Waals surface area (Å²) >= 11 is 6.14. The number of carbonyl (C=O) groups is 1. The lowest BCUT2D eigenvalue weighted by Gasteiger charge is -2.39. The van der Waals surface area contributed by atoms with E-state index >= 15 is 0 Å². The normalized spacial score (nSPS) is 14.5. The lowest BCUT2D eigenvalue weighted by Crippen LogP contribution is -2.48. The van der Waals surface area contributed by atoms with Crippen molar-refractivity contribution in [3.05, 3.63) is 105 Å². The maximum Gasteiger partial charge on any atom is 0.338 e. The zero-order valence-electron chi connectivity index (χ0n) is 22.5. The molecule has 1 aliphatic heterocycles. The van der Waals surface area contributed by atoms with E-state index in [0.717, 1.165) is 31.2 Å². The molecule has 1 aliphatic rings. The van der Waals surface area contributed by atoms with Crippen molar-refractivity contribution in [1.82, 2.24) is 14.9 Å². The minimum absolute atomic E-state index is 0.0976. The van der Waals surface area contributed by atoms with Crippen molar-refractivity contribution in [1.29, 1.82) is 0 Å². The smallest absolute Gasteiger partial charge is 0.338 e. The summed E-state index contributed by atoms with van der Waals surface area (Å²) < 4.78 is 5.85. The third kappa shape index (κ3) is 8.42. The van der Waals surface area contributed by atoms with Crippen molar-refractivity contribution in [3.8, 4) is 17.6 Å². The molecule has 0 radical (unpaired) electrons. The summed E-state index contributed by atoms with van der Waals surface area (Å²) in [5.41, 5.74) is 7.43. The zero-order valence-corrected chi connectivity index (χ0v) is 23.2. The van der Waals surface area contributed by atoms with Gasteiger partial charge in [-0.1, -0.05) is 65.9 Å². The van der Waals surface area contributed by atoms with Crippen molar-refractivity contribution in [3.63, 3.8) is 0 Å². The van der Waals surface area contributed by atoms with E-state index in [1.165, 1.54) is 23.3 Å². The van der Waals surface area contributed by atoms with Crippen LogP contribution in [0.25, 0.3) is 0 Å². The highest BCUT2D eigenvalue weighted by Crippen LogP contribution is 2.30. The minimum Gasteiger partial charge on any atom is -0.492 e. The molecular formula is C30H32ClN5O5. The molecule has 0 saturated carbocycles. The van der Waals surface area contributed by atoms with Crippen LogP contribution < -0.4 is 10.5 Å². The Morgan fingerprint density at radius 3 is 2.41 bits per heavy atom. The summed E-state index contributed by atoms with van der Waals surface area (Å²) in [6.07, 6.45) is 0.105. The molecule has 3 aromatic carbocycles. The van der Waals surface area contributed by atoms with Gasteiger partial charge in [0.05, 0.1) is 23.6 Å². The molecule has 3 N–H and O–H groups in total. The number of nitro groups is 1. The molecule has 41 heavy (non-hydrogen) atoms. The number of amides is 2. The number of nitrogens with zero attached hydrogens (tertiary/aromatic N) is 4. The monoisotopic (exact) mass is 577 g/mol. The first-order chi connectivity index (χ1) is 19.8. The molecule has 0 aliphatic carbocycles. The summed E-state index contributed by atoms with van der Waals surface area (Å²) in [5, 5.41) is 21.9. The van der Waals surface area contributed by atoms with Gasteiger partial charge in [-0.05, 0) is 35.4 Å².